The summed E-state index contributed by atoms with van der Waals surface area (Å²) in [6.45, 7) is 2.12. The van der Waals surface area contributed by atoms with Crippen molar-refractivity contribution in [3.63, 3.8) is 0 Å². The fourth-order valence-electron chi connectivity index (χ4n) is 2.94. The summed E-state index contributed by atoms with van der Waals surface area (Å²) < 4.78 is 0. The van der Waals surface area contributed by atoms with E-state index in [4.69, 9.17) is 5.26 Å². The molecule has 1 aromatic carbocycles. The summed E-state index contributed by atoms with van der Waals surface area (Å²) in [5.41, 5.74) is 1.04. The van der Waals surface area contributed by atoms with Crippen LogP contribution in [-0.2, 0) is 14.4 Å². The van der Waals surface area contributed by atoms with E-state index in [1.165, 1.54) is 0 Å². The predicted octanol–water partition coefficient (Wildman–Crippen LogP) is 0.433. The second-order valence-electron chi connectivity index (χ2n) is 6.10. The molecule has 2 aliphatic rings. The fraction of sp³-hybridized carbons (Fsp3) is 0.412. The minimum atomic E-state index is -0.313. The third-order valence-corrected chi connectivity index (χ3v) is 4.48. The normalized spacial score (nSPS) is 22.5. The van der Waals surface area contributed by atoms with Crippen molar-refractivity contribution in [3.8, 4) is 6.07 Å². The van der Waals surface area contributed by atoms with E-state index >= 15 is 0 Å². The molecule has 2 unspecified atom stereocenters. The highest BCUT2D eigenvalue weighted by molar-refractivity contribution is 5.99. The Morgan fingerprint density at radius 1 is 1.21 bits per heavy atom. The van der Waals surface area contributed by atoms with E-state index in [0.29, 0.717) is 43.9 Å². The van der Waals surface area contributed by atoms with Gasteiger partial charge in [0, 0.05) is 31.9 Å². The van der Waals surface area contributed by atoms with Crippen molar-refractivity contribution in [2.75, 3.05) is 31.5 Å². The molecule has 7 heteroatoms. The topological polar surface area (TPSA) is 93.5 Å². The van der Waals surface area contributed by atoms with Gasteiger partial charge in [-0.2, -0.15) is 5.26 Å². The van der Waals surface area contributed by atoms with Crippen LogP contribution in [0.3, 0.4) is 0 Å². The Bertz CT molecular complexity index is 704. The van der Waals surface area contributed by atoms with Gasteiger partial charge in [0.2, 0.25) is 18.2 Å². The number of piperazine rings is 1. The number of nitrogens with zero attached hydrogens (tertiary/aromatic N) is 3. The molecular formula is C17H18N4O3. The van der Waals surface area contributed by atoms with E-state index in [0.717, 1.165) is 6.41 Å². The summed E-state index contributed by atoms with van der Waals surface area (Å²) >= 11 is 0. The molecule has 2 fully saturated rings. The van der Waals surface area contributed by atoms with Crippen LogP contribution in [-0.4, -0.2) is 54.2 Å². The quantitative estimate of drug-likeness (QED) is 0.812. The second kappa shape index (κ2) is 6.71. The molecule has 1 aliphatic heterocycles. The summed E-state index contributed by atoms with van der Waals surface area (Å²) in [7, 11) is 0. The summed E-state index contributed by atoms with van der Waals surface area (Å²) in [6.07, 6.45) is 1.35. The standard InChI is InChI=1S/C17H18N4O3/c18-10-12-2-1-3-13(8-12)19-16(23)14-9-15(14)17(24)21-6-4-20(11-22)5-7-21/h1-3,8,11,14-15H,4-7,9H2,(H,19,23). The van der Waals surface area contributed by atoms with E-state index in [1.807, 2.05) is 6.07 Å². The van der Waals surface area contributed by atoms with Gasteiger partial charge in [-0.25, -0.2) is 0 Å². The maximum Gasteiger partial charge on any atom is 0.228 e. The molecule has 3 rings (SSSR count). The molecule has 1 saturated carbocycles. The minimum Gasteiger partial charge on any atom is -0.342 e. The first-order chi connectivity index (χ1) is 11.6. The van der Waals surface area contributed by atoms with Crippen LogP contribution >= 0.6 is 0 Å². The Hall–Kier alpha value is -2.88. The van der Waals surface area contributed by atoms with E-state index < -0.39 is 0 Å². The number of rotatable bonds is 4. The lowest BCUT2D eigenvalue weighted by molar-refractivity contribution is -0.137. The molecule has 1 aromatic rings. The van der Waals surface area contributed by atoms with Crippen LogP contribution in [0.2, 0.25) is 0 Å². The number of carbonyl (C=O) groups is 3. The van der Waals surface area contributed by atoms with Crippen LogP contribution in [0.1, 0.15) is 12.0 Å². The number of nitriles is 1. The van der Waals surface area contributed by atoms with Gasteiger partial charge in [-0.15, -0.1) is 0 Å². The van der Waals surface area contributed by atoms with Gasteiger partial charge in [-0.1, -0.05) is 6.07 Å². The first kappa shape index (κ1) is 16.0. The van der Waals surface area contributed by atoms with Crippen LogP contribution in [0.5, 0.6) is 0 Å². The van der Waals surface area contributed by atoms with E-state index in [9.17, 15) is 14.4 Å². The predicted molar refractivity (Wildman–Crippen MR) is 85.6 cm³/mol. The smallest absolute Gasteiger partial charge is 0.228 e. The van der Waals surface area contributed by atoms with Crippen molar-refractivity contribution in [2.24, 2.45) is 11.8 Å². The number of anilines is 1. The highest BCUT2D eigenvalue weighted by Crippen LogP contribution is 2.41. The highest BCUT2D eigenvalue weighted by Gasteiger charge is 2.49. The lowest BCUT2D eigenvalue weighted by Gasteiger charge is -2.32. The summed E-state index contributed by atoms with van der Waals surface area (Å²) in [5.74, 6) is -0.777. The van der Waals surface area contributed by atoms with Crippen molar-refractivity contribution in [1.29, 1.82) is 5.26 Å². The largest absolute Gasteiger partial charge is 0.342 e. The van der Waals surface area contributed by atoms with Gasteiger partial charge < -0.3 is 15.1 Å². The summed E-state index contributed by atoms with van der Waals surface area (Å²) in [4.78, 5) is 38.7. The van der Waals surface area contributed by atoms with Gasteiger partial charge in [0.25, 0.3) is 0 Å². The Morgan fingerprint density at radius 2 is 1.96 bits per heavy atom. The Morgan fingerprint density at radius 3 is 2.62 bits per heavy atom. The first-order valence-corrected chi connectivity index (χ1v) is 7.91. The molecule has 3 amide bonds. The van der Waals surface area contributed by atoms with Gasteiger partial charge in [-0.3, -0.25) is 14.4 Å². The average Bonchev–Trinajstić information content (AvgIpc) is 3.42. The van der Waals surface area contributed by atoms with Gasteiger partial charge in [0.05, 0.1) is 23.5 Å². The molecule has 0 aromatic heterocycles. The highest BCUT2D eigenvalue weighted by atomic mass is 16.2. The number of carbonyl (C=O) groups excluding carboxylic acids is 3. The van der Waals surface area contributed by atoms with Crippen LogP contribution in [0, 0.1) is 23.2 Å². The van der Waals surface area contributed by atoms with Gasteiger partial charge in [0.1, 0.15) is 0 Å². The van der Waals surface area contributed by atoms with Gasteiger partial charge in [0.15, 0.2) is 0 Å². The molecule has 1 N–H and O–H groups in total. The van der Waals surface area contributed by atoms with E-state index in [-0.39, 0.29) is 23.7 Å². The summed E-state index contributed by atoms with van der Waals surface area (Å²) in [5, 5.41) is 11.6. The monoisotopic (exact) mass is 326 g/mol. The van der Waals surface area contributed by atoms with Crippen LogP contribution in [0.25, 0.3) is 0 Å². The first-order valence-electron chi connectivity index (χ1n) is 7.91. The maximum atomic E-state index is 12.4. The number of hydrogen-bond donors (Lipinski definition) is 1. The Labute approximate surface area is 139 Å². The van der Waals surface area contributed by atoms with Crippen molar-refractivity contribution in [3.05, 3.63) is 29.8 Å². The van der Waals surface area contributed by atoms with Crippen LogP contribution < -0.4 is 5.32 Å². The third-order valence-electron chi connectivity index (χ3n) is 4.48. The number of benzene rings is 1. The molecule has 0 radical (unpaired) electrons. The molecular weight excluding hydrogens is 308 g/mol. The second-order valence-corrected chi connectivity index (χ2v) is 6.10. The molecule has 1 heterocycles. The molecule has 1 aliphatic carbocycles. The lowest BCUT2D eigenvalue weighted by atomic mass is 10.2. The summed E-state index contributed by atoms with van der Waals surface area (Å²) in [6, 6.07) is 8.72. The molecule has 0 spiro atoms. The zero-order valence-electron chi connectivity index (χ0n) is 13.1. The minimum absolute atomic E-state index is 0.00789. The molecule has 2 atom stereocenters. The molecule has 0 bridgehead atoms. The Kier molecular flexibility index (Phi) is 4.47. The van der Waals surface area contributed by atoms with E-state index in [1.54, 1.807) is 34.1 Å². The van der Waals surface area contributed by atoms with Crippen molar-refractivity contribution >= 4 is 23.9 Å². The van der Waals surface area contributed by atoms with Crippen molar-refractivity contribution in [1.82, 2.24) is 9.80 Å². The number of nitrogens with one attached hydrogen (secondary N) is 1. The van der Waals surface area contributed by atoms with Gasteiger partial charge in [-0.05, 0) is 24.6 Å². The zero-order chi connectivity index (χ0) is 17.1. The maximum absolute atomic E-state index is 12.4. The number of amides is 3. The average molecular weight is 326 g/mol. The van der Waals surface area contributed by atoms with Crippen LogP contribution in [0.15, 0.2) is 24.3 Å². The van der Waals surface area contributed by atoms with Crippen molar-refractivity contribution in [2.45, 2.75) is 6.42 Å². The van der Waals surface area contributed by atoms with Crippen molar-refractivity contribution < 1.29 is 14.4 Å². The SMILES string of the molecule is N#Cc1cccc(NC(=O)C2CC2C(=O)N2CCN(C=O)CC2)c1. The molecule has 7 nitrogen and oxygen atoms in total. The molecule has 124 valence electrons. The molecule has 24 heavy (non-hydrogen) atoms. The number of hydrogen-bond acceptors (Lipinski definition) is 4. The van der Waals surface area contributed by atoms with E-state index in [2.05, 4.69) is 5.32 Å². The van der Waals surface area contributed by atoms with Crippen LogP contribution in [0.4, 0.5) is 5.69 Å². The molecule has 1 saturated heterocycles. The lowest BCUT2D eigenvalue weighted by Crippen LogP contribution is -2.48. The Balaban J connectivity index is 1.53. The zero-order valence-corrected chi connectivity index (χ0v) is 13.1. The fourth-order valence-corrected chi connectivity index (χ4v) is 2.94. The van der Waals surface area contributed by atoms with Gasteiger partial charge >= 0.3 is 0 Å². The third kappa shape index (κ3) is 3.38.